The van der Waals surface area contributed by atoms with E-state index in [1.807, 2.05) is 0 Å². The first kappa shape index (κ1) is 16.8. The summed E-state index contributed by atoms with van der Waals surface area (Å²) in [6.07, 6.45) is 2.84. The first-order valence-electron chi connectivity index (χ1n) is 8.47. The van der Waals surface area contributed by atoms with E-state index in [4.69, 9.17) is 9.47 Å². The maximum atomic E-state index is 11.2. The molecule has 2 aliphatic heterocycles. The Balaban J connectivity index is 1.99. The van der Waals surface area contributed by atoms with E-state index >= 15 is 0 Å². The van der Waals surface area contributed by atoms with Crippen molar-refractivity contribution >= 4 is 5.97 Å². The predicted octanol–water partition coefficient (Wildman–Crippen LogP) is 3.19. The largest absolute Gasteiger partial charge is 0.493 e. The highest BCUT2D eigenvalue weighted by molar-refractivity contribution is 5.70. The molecule has 24 heavy (non-hydrogen) atoms. The number of benzene rings is 1. The van der Waals surface area contributed by atoms with Crippen LogP contribution in [0.2, 0.25) is 0 Å². The van der Waals surface area contributed by atoms with Crippen molar-refractivity contribution < 1.29 is 19.4 Å². The van der Waals surface area contributed by atoms with E-state index in [1.54, 1.807) is 14.2 Å². The zero-order valence-corrected chi connectivity index (χ0v) is 14.6. The SMILES string of the molecule is CCC1=C(CC(=O)O)C[C@H]2c3cc(OC)c(OC)cc3CCN2C1. The molecule has 0 amide bonds. The lowest BCUT2D eigenvalue weighted by molar-refractivity contribution is -0.136. The fraction of sp³-hybridized carbons (Fsp3) is 0.526. The van der Waals surface area contributed by atoms with Crippen LogP contribution < -0.4 is 9.47 Å². The predicted molar refractivity (Wildman–Crippen MR) is 91.8 cm³/mol. The number of hydrogen-bond acceptors (Lipinski definition) is 4. The van der Waals surface area contributed by atoms with Gasteiger partial charge in [-0.2, -0.15) is 0 Å². The molecule has 1 aromatic carbocycles. The van der Waals surface area contributed by atoms with E-state index in [2.05, 4.69) is 24.0 Å². The number of carboxylic acid groups (broad SMARTS) is 1. The van der Waals surface area contributed by atoms with Crippen molar-refractivity contribution in [3.63, 3.8) is 0 Å². The molecule has 0 aliphatic carbocycles. The Hall–Kier alpha value is -2.01. The lowest BCUT2D eigenvalue weighted by Gasteiger charge is -2.42. The molecule has 1 aromatic rings. The van der Waals surface area contributed by atoms with Crippen LogP contribution in [-0.4, -0.2) is 43.3 Å². The van der Waals surface area contributed by atoms with E-state index in [-0.39, 0.29) is 12.5 Å². The number of aliphatic carboxylic acids is 1. The molecule has 0 aromatic heterocycles. The van der Waals surface area contributed by atoms with Gasteiger partial charge in [-0.05, 0) is 42.5 Å². The maximum absolute atomic E-state index is 11.2. The van der Waals surface area contributed by atoms with Crippen molar-refractivity contribution in [2.45, 2.75) is 38.6 Å². The van der Waals surface area contributed by atoms with Crippen molar-refractivity contribution in [2.75, 3.05) is 27.3 Å². The highest BCUT2D eigenvalue weighted by Gasteiger charge is 2.34. The third kappa shape index (κ3) is 3.00. The van der Waals surface area contributed by atoms with Gasteiger partial charge >= 0.3 is 5.97 Å². The third-order valence-electron chi connectivity index (χ3n) is 5.24. The number of nitrogens with zero attached hydrogens (tertiary/aromatic N) is 1. The Kier molecular flexibility index (Phi) is 4.81. The number of ether oxygens (including phenoxy) is 2. The zero-order chi connectivity index (χ0) is 17.3. The third-order valence-corrected chi connectivity index (χ3v) is 5.24. The molecule has 0 unspecified atom stereocenters. The topological polar surface area (TPSA) is 59.0 Å². The monoisotopic (exact) mass is 331 g/mol. The second kappa shape index (κ2) is 6.85. The Labute approximate surface area is 142 Å². The van der Waals surface area contributed by atoms with Gasteiger partial charge in [0, 0.05) is 19.1 Å². The number of rotatable bonds is 5. The molecule has 2 heterocycles. The Morgan fingerprint density at radius 1 is 1.25 bits per heavy atom. The summed E-state index contributed by atoms with van der Waals surface area (Å²) in [5, 5.41) is 9.24. The second-order valence-corrected chi connectivity index (χ2v) is 6.48. The molecule has 0 radical (unpaired) electrons. The van der Waals surface area contributed by atoms with E-state index in [0.29, 0.717) is 0 Å². The summed E-state index contributed by atoms with van der Waals surface area (Å²) >= 11 is 0. The number of methoxy groups -OCH3 is 2. The van der Waals surface area contributed by atoms with Crippen molar-refractivity contribution in [2.24, 2.45) is 0 Å². The minimum absolute atomic E-state index is 0.149. The van der Waals surface area contributed by atoms with Crippen LogP contribution >= 0.6 is 0 Å². The van der Waals surface area contributed by atoms with Crippen LogP contribution in [0, 0.1) is 0 Å². The van der Waals surface area contributed by atoms with Gasteiger partial charge in [0.2, 0.25) is 0 Å². The van der Waals surface area contributed by atoms with Crippen LogP contribution in [-0.2, 0) is 11.2 Å². The van der Waals surface area contributed by atoms with Crippen LogP contribution in [0.15, 0.2) is 23.3 Å². The smallest absolute Gasteiger partial charge is 0.307 e. The van der Waals surface area contributed by atoms with Gasteiger partial charge in [0.15, 0.2) is 11.5 Å². The van der Waals surface area contributed by atoms with Crippen molar-refractivity contribution in [1.82, 2.24) is 4.90 Å². The normalized spacial score (nSPS) is 20.4. The highest BCUT2D eigenvalue weighted by atomic mass is 16.5. The van der Waals surface area contributed by atoms with Gasteiger partial charge in [-0.1, -0.05) is 18.1 Å². The molecule has 1 atom stereocenters. The standard InChI is InChI=1S/C19H25NO4/c1-4-12-11-20-6-5-13-8-17(23-2)18(24-3)10-15(13)16(20)7-14(12)9-19(21)22/h8,10,16H,4-7,9,11H2,1-3H3,(H,21,22)/t16-/m0/s1. The summed E-state index contributed by atoms with van der Waals surface area (Å²) in [7, 11) is 3.30. The van der Waals surface area contributed by atoms with Gasteiger partial charge in [-0.3, -0.25) is 9.69 Å². The fourth-order valence-corrected chi connectivity index (χ4v) is 3.98. The Bertz CT molecular complexity index is 680. The van der Waals surface area contributed by atoms with Crippen molar-refractivity contribution in [3.8, 4) is 11.5 Å². The second-order valence-electron chi connectivity index (χ2n) is 6.48. The van der Waals surface area contributed by atoms with E-state index in [1.165, 1.54) is 16.7 Å². The molecule has 3 rings (SSSR count). The first-order valence-corrected chi connectivity index (χ1v) is 8.47. The van der Waals surface area contributed by atoms with E-state index in [9.17, 15) is 9.90 Å². The lowest BCUT2D eigenvalue weighted by atomic mass is 9.82. The van der Waals surface area contributed by atoms with E-state index < -0.39 is 5.97 Å². The van der Waals surface area contributed by atoms with Gasteiger partial charge in [0.05, 0.1) is 20.6 Å². The summed E-state index contributed by atoms with van der Waals surface area (Å²) < 4.78 is 10.9. The molecule has 0 saturated heterocycles. The highest BCUT2D eigenvalue weighted by Crippen LogP contribution is 2.43. The average molecular weight is 331 g/mol. The lowest BCUT2D eigenvalue weighted by Crippen LogP contribution is -2.40. The van der Waals surface area contributed by atoms with Crippen LogP contribution in [0.1, 0.15) is 43.4 Å². The molecular weight excluding hydrogens is 306 g/mol. The Morgan fingerprint density at radius 3 is 2.58 bits per heavy atom. The molecule has 130 valence electrons. The number of fused-ring (bicyclic) bond motifs is 3. The summed E-state index contributed by atoms with van der Waals surface area (Å²) in [5.74, 6) is 0.756. The number of carboxylic acids is 1. The van der Waals surface area contributed by atoms with Crippen LogP contribution in [0.25, 0.3) is 0 Å². The van der Waals surface area contributed by atoms with Crippen LogP contribution in [0.3, 0.4) is 0 Å². The molecule has 0 spiro atoms. The molecule has 0 bridgehead atoms. The molecule has 1 N–H and O–H groups in total. The summed E-state index contributed by atoms with van der Waals surface area (Å²) in [5.41, 5.74) is 4.91. The zero-order valence-electron chi connectivity index (χ0n) is 14.6. The molecule has 0 fully saturated rings. The van der Waals surface area contributed by atoms with Gasteiger partial charge < -0.3 is 14.6 Å². The first-order chi connectivity index (χ1) is 11.6. The minimum Gasteiger partial charge on any atom is -0.493 e. The number of carbonyl (C=O) groups is 1. The summed E-state index contributed by atoms with van der Waals surface area (Å²) in [6, 6.07) is 4.38. The summed E-state index contributed by atoms with van der Waals surface area (Å²) in [4.78, 5) is 13.7. The average Bonchev–Trinajstić information content (AvgIpc) is 2.59. The van der Waals surface area contributed by atoms with Gasteiger partial charge in [-0.25, -0.2) is 0 Å². The van der Waals surface area contributed by atoms with Crippen molar-refractivity contribution in [3.05, 3.63) is 34.4 Å². The quantitative estimate of drug-likeness (QED) is 0.840. The van der Waals surface area contributed by atoms with Crippen LogP contribution in [0.5, 0.6) is 11.5 Å². The van der Waals surface area contributed by atoms with Crippen LogP contribution in [0.4, 0.5) is 0 Å². The van der Waals surface area contributed by atoms with E-state index in [0.717, 1.165) is 49.4 Å². The van der Waals surface area contributed by atoms with Crippen molar-refractivity contribution in [1.29, 1.82) is 0 Å². The minimum atomic E-state index is -0.743. The van der Waals surface area contributed by atoms with Gasteiger partial charge in [-0.15, -0.1) is 0 Å². The van der Waals surface area contributed by atoms with Gasteiger partial charge in [0.25, 0.3) is 0 Å². The summed E-state index contributed by atoms with van der Waals surface area (Å²) in [6.45, 7) is 3.98. The fourth-order valence-electron chi connectivity index (χ4n) is 3.98. The maximum Gasteiger partial charge on any atom is 0.307 e. The molecule has 5 heteroatoms. The van der Waals surface area contributed by atoms with Gasteiger partial charge in [0.1, 0.15) is 0 Å². The number of hydrogen-bond donors (Lipinski definition) is 1. The molecule has 5 nitrogen and oxygen atoms in total. The molecule has 0 saturated carbocycles. The molecular formula is C19H25NO4. The molecule has 2 aliphatic rings. The Morgan fingerprint density at radius 2 is 1.96 bits per heavy atom.